The number of methoxy groups -OCH3 is 1. The Hall–Kier alpha value is -3.79. The number of Topliss-reactive ketones (excluding diaryl/α,β-unsaturated/α-hetero) is 1. The second-order valence-electron chi connectivity index (χ2n) is 11.9. The van der Waals surface area contributed by atoms with E-state index >= 15 is 0 Å². The summed E-state index contributed by atoms with van der Waals surface area (Å²) in [5, 5.41) is 4.55. The molecular weight excluding hydrogens is 556 g/mol. The summed E-state index contributed by atoms with van der Waals surface area (Å²) >= 11 is 0. The van der Waals surface area contributed by atoms with Crippen LogP contribution in [0, 0.1) is 5.92 Å². The number of ether oxygens (including phenoxy) is 3. The standard InChI is InChI=1S/C33H41F2N3O5/c1-7-9-30(35)43-29-16-22(15-28(41-6)32(29)27(39)11-8-10-21-14-25(21)34)24-17-36-38-18-23(12-13-26(24)38)33(2,3)20-42-19-31(40)37(4)5/h7,12-13,15-18,21,25,30H,1,8-11,14,19-20H2,2-6H3/t21-,25+,30?/m1/s1. The predicted molar refractivity (Wildman–Crippen MR) is 161 cm³/mol. The zero-order valence-corrected chi connectivity index (χ0v) is 25.6. The molecule has 1 aliphatic rings. The second-order valence-corrected chi connectivity index (χ2v) is 11.9. The zero-order chi connectivity index (χ0) is 31.3. The first kappa shape index (κ1) is 32.1. The number of amides is 1. The average molecular weight is 598 g/mol. The Morgan fingerprint density at radius 2 is 1.98 bits per heavy atom. The van der Waals surface area contributed by atoms with E-state index in [2.05, 4.69) is 11.7 Å². The van der Waals surface area contributed by atoms with E-state index in [4.69, 9.17) is 14.2 Å². The van der Waals surface area contributed by atoms with Gasteiger partial charge in [0.2, 0.25) is 12.3 Å². The molecule has 1 aromatic carbocycles. The number of likely N-dealkylation sites (N-methyl/N-ethyl adjacent to an activating group) is 1. The molecule has 1 amide bonds. The third-order valence-electron chi connectivity index (χ3n) is 7.78. The number of benzene rings is 1. The van der Waals surface area contributed by atoms with Crippen LogP contribution >= 0.6 is 0 Å². The minimum atomic E-state index is -1.70. The van der Waals surface area contributed by atoms with Crippen molar-refractivity contribution >= 4 is 17.2 Å². The molecule has 1 aliphatic carbocycles. The molecule has 3 aromatic rings. The zero-order valence-electron chi connectivity index (χ0n) is 25.6. The normalized spacial score (nSPS) is 17.0. The van der Waals surface area contributed by atoms with Crippen molar-refractivity contribution in [3.8, 4) is 22.6 Å². The summed E-state index contributed by atoms with van der Waals surface area (Å²) in [7, 11) is 4.82. The monoisotopic (exact) mass is 597 g/mol. The topological polar surface area (TPSA) is 82.4 Å². The van der Waals surface area contributed by atoms with Crippen LogP contribution in [0.4, 0.5) is 8.78 Å². The second kappa shape index (κ2) is 13.7. The number of pyridine rings is 1. The van der Waals surface area contributed by atoms with E-state index in [1.807, 2.05) is 32.2 Å². The fraction of sp³-hybridized carbons (Fsp3) is 0.485. The molecule has 0 saturated heterocycles. The number of alkyl halides is 2. The molecule has 4 rings (SSSR count). The van der Waals surface area contributed by atoms with E-state index in [-0.39, 0.29) is 54.1 Å². The fourth-order valence-electron chi connectivity index (χ4n) is 4.96. The molecule has 1 unspecified atom stereocenters. The first-order chi connectivity index (χ1) is 20.4. The predicted octanol–water partition coefficient (Wildman–Crippen LogP) is 6.35. The summed E-state index contributed by atoms with van der Waals surface area (Å²) in [6, 6.07) is 7.27. The van der Waals surface area contributed by atoms with Crippen LogP contribution in [0.25, 0.3) is 16.6 Å². The lowest BCUT2D eigenvalue weighted by Gasteiger charge is -2.25. The summed E-state index contributed by atoms with van der Waals surface area (Å²) in [5.41, 5.74) is 2.89. The van der Waals surface area contributed by atoms with Crippen LogP contribution in [0.15, 0.2) is 49.3 Å². The molecule has 3 atom stereocenters. The molecule has 0 bridgehead atoms. The number of carbonyl (C=O) groups excluding carboxylic acids is 2. The van der Waals surface area contributed by atoms with Gasteiger partial charge in [0.05, 0.1) is 25.4 Å². The largest absolute Gasteiger partial charge is 0.496 e. The maximum atomic E-state index is 14.7. The number of carbonyl (C=O) groups is 2. The van der Waals surface area contributed by atoms with Crippen LogP contribution in [0.3, 0.4) is 0 Å². The minimum absolute atomic E-state index is 0.000464. The Morgan fingerprint density at radius 1 is 1.26 bits per heavy atom. The van der Waals surface area contributed by atoms with Crippen molar-refractivity contribution in [3.63, 3.8) is 0 Å². The van der Waals surface area contributed by atoms with E-state index in [1.165, 1.54) is 18.1 Å². The first-order valence-electron chi connectivity index (χ1n) is 14.5. The van der Waals surface area contributed by atoms with E-state index in [0.29, 0.717) is 31.4 Å². The summed E-state index contributed by atoms with van der Waals surface area (Å²) in [6.45, 7) is 7.97. The van der Waals surface area contributed by atoms with Gasteiger partial charge >= 0.3 is 0 Å². The molecule has 8 nitrogen and oxygen atoms in total. The van der Waals surface area contributed by atoms with Crippen LogP contribution in [-0.4, -0.2) is 73.2 Å². The fourth-order valence-corrected chi connectivity index (χ4v) is 4.96. The Morgan fingerprint density at radius 3 is 2.63 bits per heavy atom. The molecule has 2 heterocycles. The number of hydrogen-bond acceptors (Lipinski definition) is 6. The van der Waals surface area contributed by atoms with Gasteiger partial charge < -0.3 is 19.1 Å². The maximum absolute atomic E-state index is 14.7. The van der Waals surface area contributed by atoms with Crippen molar-refractivity contribution < 1.29 is 32.6 Å². The van der Waals surface area contributed by atoms with Gasteiger partial charge in [-0.1, -0.05) is 26.0 Å². The Bertz CT molecular complexity index is 1470. The van der Waals surface area contributed by atoms with Crippen molar-refractivity contribution in [2.75, 3.05) is 34.4 Å². The molecule has 232 valence electrons. The first-order valence-corrected chi connectivity index (χ1v) is 14.5. The number of aromatic nitrogens is 2. The number of ketones is 1. The number of halogens is 2. The highest BCUT2D eigenvalue weighted by molar-refractivity contribution is 6.02. The van der Waals surface area contributed by atoms with Crippen LogP contribution in [0.2, 0.25) is 0 Å². The number of fused-ring (bicyclic) bond motifs is 1. The summed E-state index contributed by atoms with van der Waals surface area (Å²) in [5.74, 6) is 0.00878. The van der Waals surface area contributed by atoms with Gasteiger partial charge in [0.1, 0.15) is 29.8 Å². The van der Waals surface area contributed by atoms with Crippen molar-refractivity contribution in [2.45, 2.75) is 63.9 Å². The molecule has 1 fully saturated rings. The molecule has 10 heteroatoms. The number of hydrogen-bond donors (Lipinski definition) is 0. The lowest BCUT2D eigenvalue weighted by molar-refractivity contribution is -0.134. The lowest BCUT2D eigenvalue weighted by atomic mass is 9.86. The SMILES string of the molecule is C=CCC(F)Oc1cc(-c2cnn3cc(C(C)(C)COCC(=O)N(C)C)ccc23)cc(OC)c1C(=O)CCC[C@@H]1C[C@@H]1F. The van der Waals surface area contributed by atoms with Crippen molar-refractivity contribution in [3.05, 3.63) is 60.4 Å². The van der Waals surface area contributed by atoms with Gasteiger partial charge in [0.15, 0.2) is 5.78 Å². The van der Waals surface area contributed by atoms with Crippen molar-refractivity contribution in [2.24, 2.45) is 5.92 Å². The van der Waals surface area contributed by atoms with Crippen molar-refractivity contribution in [1.82, 2.24) is 14.5 Å². The highest BCUT2D eigenvalue weighted by Crippen LogP contribution is 2.41. The number of rotatable bonds is 16. The smallest absolute Gasteiger partial charge is 0.248 e. The Kier molecular flexibility index (Phi) is 10.2. The van der Waals surface area contributed by atoms with Gasteiger partial charge in [-0.3, -0.25) is 9.59 Å². The van der Waals surface area contributed by atoms with Crippen LogP contribution in [0.5, 0.6) is 11.5 Å². The van der Waals surface area contributed by atoms with E-state index in [0.717, 1.165) is 16.6 Å². The molecule has 0 radical (unpaired) electrons. The molecule has 43 heavy (non-hydrogen) atoms. The maximum Gasteiger partial charge on any atom is 0.248 e. The molecular formula is C33H41F2N3O5. The van der Waals surface area contributed by atoms with Crippen LogP contribution < -0.4 is 9.47 Å². The third kappa shape index (κ3) is 7.79. The molecule has 0 aliphatic heterocycles. The van der Waals surface area contributed by atoms with Crippen LogP contribution in [0.1, 0.15) is 61.9 Å². The van der Waals surface area contributed by atoms with Gasteiger partial charge in [-0.25, -0.2) is 13.3 Å². The van der Waals surface area contributed by atoms with Gasteiger partial charge in [-0.2, -0.15) is 5.10 Å². The highest BCUT2D eigenvalue weighted by Gasteiger charge is 2.36. The lowest BCUT2D eigenvalue weighted by Crippen LogP contribution is -2.30. The highest BCUT2D eigenvalue weighted by atomic mass is 19.1. The minimum Gasteiger partial charge on any atom is -0.496 e. The molecule has 0 N–H and O–H groups in total. The Labute approximate surface area is 251 Å². The van der Waals surface area contributed by atoms with Gasteiger partial charge in [0, 0.05) is 44.1 Å². The summed E-state index contributed by atoms with van der Waals surface area (Å²) in [4.78, 5) is 26.7. The van der Waals surface area contributed by atoms with E-state index in [1.54, 1.807) is 36.9 Å². The molecule has 2 aromatic heterocycles. The summed E-state index contributed by atoms with van der Waals surface area (Å²) < 4.78 is 46.7. The van der Waals surface area contributed by atoms with Crippen molar-refractivity contribution in [1.29, 1.82) is 0 Å². The number of nitrogens with zero attached hydrogens (tertiary/aromatic N) is 3. The molecule has 1 saturated carbocycles. The van der Waals surface area contributed by atoms with Gasteiger partial charge in [0.25, 0.3) is 0 Å². The average Bonchev–Trinajstić information content (AvgIpc) is 3.49. The van der Waals surface area contributed by atoms with Gasteiger partial charge in [-0.15, -0.1) is 6.58 Å². The third-order valence-corrected chi connectivity index (χ3v) is 7.78. The van der Waals surface area contributed by atoms with E-state index in [9.17, 15) is 18.4 Å². The van der Waals surface area contributed by atoms with E-state index < -0.39 is 17.9 Å². The molecule has 0 spiro atoms. The summed E-state index contributed by atoms with van der Waals surface area (Å²) in [6.07, 6.45) is 4.38. The quantitative estimate of drug-likeness (QED) is 0.141. The van der Waals surface area contributed by atoms with Crippen LogP contribution in [-0.2, 0) is 14.9 Å². The Balaban J connectivity index is 1.63. The van der Waals surface area contributed by atoms with Gasteiger partial charge in [-0.05, 0) is 54.5 Å².